The van der Waals surface area contributed by atoms with Crippen molar-refractivity contribution in [2.75, 3.05) is 13.2 Å². The smallest absolute Gasteiger partial charge is 0.266 e. The predicted molar refractivity (Wildman–Crippen MR) is 308 cm³/mol. The fraction of sp³-hybridized carbons (Fsp3) is 0.321. The molecule has 4 aromatic carbocycles. The van der Waals surface area contributed by atoms with Gasteiger partial charge in [-0.2, -0.15) is 4.98 Å². The summed E-state index contributed by atoms with van der Waals surface area (Å²) in [5, 5.41) is 11.5. The minimum absolute atomic E-state index is 0.141. The number of halogens is 1. The van der Waals surface area contributed by atoms with E-state index in [1.807, 2.05) is 121 Å². The van der Waals surface area contributed by atoms with Crippen molar-refractivity contribution in [3.63, 3.8) is 0 Å². The number of nitrogens with zero attached hydrogens (tertiary/aromatic N) is 12. The average molecular weight is 1090 g/mol. The summed E-state index contributed by atoms with van der Waals surface area (Å²) in [5.41, 5.74) is 6.60. The Hall–Kier alpha value is -7.34. The maximum atomic E-state index is 13.7. The van der Waals surface area contributed by atoms with E-state index in [0.29, 0.717) is 98.3 Å². The van der Waals surface area contributed by atoms with Gasteiger partial charge in [0, 0.05) is 29.4 Å². The number of benzene rings is 4. The van der Waals surface area contributed by atoms with Gasteiger partial charge in [0.15, 0.2) is 33.9 Å². The van der Waals surface area contributed by atoms with Crippen LogP contribution in [0.5, 0.6) is 5.88 Å². The Morgan fingerprint density at radius 3 is 1.52 bits per heavy atom. The summed E-state index contributed by atoms with van der Waals surface area (Å²) >= 11 is 5.93. The molecule has 0 aliphatic carbocycles. The molecule has 18 nitrogen and oxygen atoms in total. The number of aliphatic hydroxyl groups is 1. The number of hydrogen-bond acceptors (Lipinski definition) is 14. The molecule has 6 aromatic heterocycles. The Labute approximate surface area is 453 Å². The normalized spacial score (nSPS) is 12.6. The molecule has 0 bridgehead atoms. The van der Waals surface area contributed by atoms with Crippen LogP contribution in [-0.4, -0.2) is 92.6 Å². The molecule has 2 atom stereocenters. The van der Waals surface area contributed by atoms with Gasteiger partial charge in [0.25, 0.3) is 11.1 Å². The number of ether oxygens (including phenoxy) is 3. The van der Waals surface area contributed by atoms with Gasteiger partial charge >= 0.3 is 0 Å². The lowest BCUT2D eigenvalue weighted by Gasteiger charge is -2.20. The molecular weight excluding hydrogens is 1030 g/mol. The van der Waals surface area contributed by atoms with Crippen LogP contribution in [0.1, 0.15) is 48.8 Å². The highest BCUT2D eigenvalue weighted by molar-refractivity contribution is 6.76. The van der Waals surface area contributed by atoms with Crippen LogP contribution < -0.4 is 15.9 Å². The van der Waals surface area contributed by atoms with E-state index in [1.54, 1.807) is 30.2 Å². The van der Waals surface area contributed by atoms with E-state index in [4.69, 9.17) is 30.8 Å². The first-order valence-corrected chi connectivity index (χ1v) is 33.2. The van der Waals surface area contributed by atoms with Crippen LogP contribution in [0.15, 0.2) is 132 Å². The molecule has 0 aliphatic heterocycles. The number of hydrogen-bond donors (Lipinski definition) is 1. The summed E-state index contributed by atoms with van der Waals surface area (Å²) in [7, 11) is -2.21. The van der Waals surface area contributed by atoms with Crippen LogP contribution in [0.25, 0.3) is 55.5 Å². The van der Waals surface area contributed by atoms with Crippen LogP contribution in [0, 0.1) is 13.8 Å². The third kappa shape index (κ3) is 13.4. The molecular formula is C56H65ClN12O6Si2. The van der Waals surface area contributed by atoms with Crippen molar-refractivity contribution in [1.82, 2.24) is 58.1 Å². The molecule has 21 heteroatoms. The molecule has 1 N–H and O–H groups in total. The number of para-hydroxylation sites is 2. The molecule has 10 aromatic rings. The highest BCUT2D eigenvalue weighted by atomic mass is 35.5. The third-order valence-electron chi connectivity index (χ3n) is 12.5. The summed E-state index contributed by atoms with van der Waals surface area (Å²) < 4.78 is 24.6. The van der Waals surface area contributed by atoms with Crippen molar-refractivity contribution in [2.45, 2.75) is 105 Å². The summed E-state index contributed by atoms with van der Waals surface area (Å²) in [6, 6.07) is 32.2. The van der Waals surface area contributed by atoms with Crippen molar-refractivity contribution < 1.29 is 19.3 Å². The molecule has 0 amide bonds. The van der Waals surface area contributed by atoms with E-state index >= 15 is 0 Å². The van der Waals surface area contributed by atoms with E-state index in [2.05, 4.69) is 74.2 Å². The average Bonchev–Trinajstić information content (AvgIpc) is 4.04. The molecule has 77 heavy (non-hydrogen) atoms. The first-order valence-electron chi connectivity index (χ1n) is 25.4. The van der Waals surface area contributed by atoms with E-state index in [9.17, 15) is 14.7 Å². The van der Waals surface area contributed by atoms with E-state index in [-0.39, 0.29) is 11.1 Å². The van der Waals surface area contributed by atoms with Crippen molar-refractivity contribution in [3.8, 4) is 17.3 Å². The van der Waals surface area contributed by atoms with Gasteiger partial charge in [0.2, 0.25) is 5.88 Å². The van der Waals surface area contributed by atoms with Crippen LogP contribution in [-0.2, 0) is 22.9 Å². The Morgan fingerprint density at radius 2 is 1.03 bits per heavy atom. The fourth-order valence-corrected chi connectivity index (χ4v) is 10.0. The lowest BCUT2D eigenvalue weighted by atomic mass is 10.1. The first kappa shape index (κ1) is 55.9. The van der Waals surface area contributed by atoms with Crippen molar-refractivity contribution in [2.24, 2.45) is 0 Å². The van der Waals surface area contributed by atoms with Gasteiger partial charge in [-0.25, -0.2) is 34.9 Å². The van der Waals surface area contributed by atoms with Crippen molar-refractivity contribution in [3.05, 3.63) is 171 Å². The molecule has 0 fully saturated rings. The van der Waals surface area contributed by atoms with E-state index in [1.165, 1.54) is 17.2 Å². The highest BCUT2D eigenvalue weighted by Gasteiger charge is 2.23. The Balaban J connectivity index is 0.000000169. The van der Waals surface area contributed by atoms with Gasteiger partial charge in [-0.1, -0.05) is 112 Å². The Kier molecular flexibility index (Phi) is 17.7. The number of aromatic nitrogens is 12. The maximum absolute atomic E-state index is 13.7. The second kappa shape index (κ2) is 24.3. The van der Waals surface area contributed by atoms with Crippen LogP contribution in [0.4, 0.5) is 0 Å². The summed E-state index contributed by atoms with van der Waals surface area (Å²) in [6.45, 7) is 23.5. The van der Waals surface area contributed by atoms with Gasteiger partial charge in [-0.15, -0.1) is 0 Å². The highest BCUT2D eigenvalue weighted by Crippen LogP contribution is 2.28. The lowest BCUT2D eigenvalue weighted by molar-refractivity contribution is 0.0893. The first-order chi connectivity index (χ1) is 36.8. The Bertz CT molecular complexity index is 3770. The quantitative estimate of drug-likeness (QED) is 0.0543. The van der Waals surface area contributed by atoms with Gasteiger partial charge < -0.3 is 19.3 Å². The zero-order chi connectivity index (χ0) is 55.0. The van der Waals surface area contributed by atoms with Gasteiger partial charge in [-0.3, -0.25) is 27.9 Å². The zero-order valence-corrected chi connectivity index (χ0v) is 47.9. The molecule has 0 aliphatic rings. The molecule has 0 spiro atoms. The molecule has 2 unspecified atom stereocenters. The lowest BCUT2D eigenvalue weighted by Crippen LogP contribution is -2.27. The van der Waals surface area contributed by atoms with Gasteiger partial charge in [0.1, 0.15) is 43.6 Å². The van der Waals surface area contributed by atoms with Crippen molar-refractivity contribution >= 4 is 71.9 Å². The van der Waals surface area contributed by atoms with Crippen LogP contribution in [0.2, 0.25) is 56.5 Å². The largest absolute Gasteiger partial charge is 0.465 e. The van der Waals surface area contributed by atoms with Crippen LogP contribution in [0.3, 0.4) is 0 Å². The van der Waals surface area contributed by atoms with E-state index in [0.717, 1.165) is 29.8 Å². The standard InChI is InChI=1S/C28H32N6O3Si.C17H16N2O2.C11H17ClN4OSi/c1-19-10-9-13-22-23(19)28(35)34(21-11-7-6-8-12-21)25(32-22)20(2)37-27-24-26(29-16-30-27)33(17-31-24)18-36-14-15-38(3,4)5;1-11-7-6-10-14-15(11)17(21)19(16(18-14)12(2)20)13-8-4-3-5-9-13;1-18(2,3)5-4-17-8-16-7-15-9-10(12)13-6-14-11(9)16/h6-13,16-17,20H,14-15,18H2,1-5H3;3-10,12,20H,1-2H3;6-7H,4-5,8H2,1-3H3. The zero-order valence-electron chi connectivity index (χ0n) is 45.2. The summed E-state index contributed by atoms with van der Waals surface area (Å²) in [4.78, 5) is 61.5. The molecule has 400 valence electrons. The minimum Gasteiger partial charge on any atom is -0.465 e. The second-order valence-electron chi connectivity index (χ2n) is 21.1. The minimum atomic E-state index is -1.17. The molecule has 10 rings (SSSR count). The SMILES string of the molecule is C[Si](C)(C)CCOCn1cnc2c(Cl)ncnc21.Cc1cccc2nc(C(C)O)n(-c3ccccc3)c(=O)c12.Cc1cccc2nc(C(C)Oc3ncnc4c3ncn4COCC[Si](C)(C)C)n(-c3ccccc3)c(=O)c12. The van der Waals surface area contributed by atoms with Gasteiger partial charge in [-0.05, 0) is 87.3 Å². The van der Waals surface area contributed by atoms with Crippen molar-refractivity contribution in [1.29, 1.82) is 0 Å². The monoisotopic (exact) mass is 1090 g/mol. The third-order valence-corrected chi connectivity index (χ3v) is 16.2. The topological polar surface area (TPSA) is 205 Å². The number of aliphatic hydroxyl groups excluding tert-OH is 1. The predicted octanol–water partition coefficient (Wildman–Crippen LogP) is 10.8. The summed E-state index contributed by atoms with van der Waals surface area (Å²) in [5.74, 6) is 1.14. The summed E-state index contributed by atoms with van der Waals surface area (Å²) in [6.07, 6.45) is 4.81. The molecule has 0 radical (unpaired) electrons. The Morgan fingerprint density at radius 1 is 0.571 bits per heavy atom. The molecule has 0 saturated carbocycles. The molecule has 0 saturated heterocycles. The number of aryl methyl sites for hydroxylation is 2. The van der Waals surface area contributed by atoms with E-state index < -0.39 is 28.4 Å². The van der Waals surface area contributed by atoms with Crippen LogP contribution >= 0.6 is 11.6 Å². The number of imidazole rings is 2. The number of rotatable bonds is 16. The van der Waals surface area contributed by atoms with Gasteiger partial charge in [0.05, 0.1) is 45.8 Å². The second-order valence-corrected chi connectivity index (χ2v) is 32.7. The fourth-order valence-electron chi connectivity index (χ4n) is 8.32. The number of fused-ring (bicyclic) bond motifs is 4. The maximum Gasteiger partial charge on any atom is 0.266 e. The molecule has 6 heterocycles.